The highest BCUT2D eigenvalue weighted by Crippen LogP contribution is 2.67. The molecule has 0 atom stereocenters. The predicted octanol–water partition coefficient (Wildman–Crippen LogP) is 19.7. The number of imidazole rings is 1. The minimum atomic E-state index is -0.0144. The molecule has 16 saturated carbocycles. The second kappa shape index (κ2) is 21.5. The molecule has 0 spiro atoms. The Morgan fingerprint density at radius 3 is 1.29 bits per heavy atom. The van der Waals surface area contributed by atoms with Crippen LogP contribution in [0.15, 0.2) is 170 Å². The second-order valence-electron chi connectivity index (χ2n) is 37.2. The molecule has 10 aromatic rings. The molecule has 7 aromatic carbocycles. The van der Waals surface area contributed by atoms with Crippen molar-refractivity contribution in [1.29, 1.82) is 0 Å². The minimum absolute atomic E-state index is 0. The molecule has 5 nitrogen and oxygen atoms in total. The molecule has 98 heavy (non-hydrogen) atoms. The average molecular weight is 1310 g/mol. The lowest BCUT2D eigenvalue weighted by Crippen LogP contribution is -3.00. The topological polar surface area (TPSA) is 35.9 Å². The normalized spacial score (nSPS) is 34.2. The summed E-state index contributed by atoms with van der Waals surface area (Å²) in [5.41, 5.74) is 22.1. The molecule has 26 rings (SSSR count). The van der Waals surface area contributed by atoms with Crippen molar-refractivity contribution >= 4 is 32.8 Å². The second-order valence-corrected chi connectivity index (χ2v) is 37.2. The third-order valence-corrected chi connectivity index (χ3v) is 29.8. The Bertz CT molecular complexity index is 4490. The number of aromatic nitrogens is 4. The number of para-hydroxylation sites is 4. The molecule has 0 unspecified atom stereocenters. The first-order valence-electron chi connectivity index (χ1n) is 39.0. The first-order chi connectivity index (χ1) is 47.3. The van der Waals surface area contributed by atoms with Gasteiger partial charge >= 0.3 is 0 Å². The first kappa shape index (κ1) is 59.9. The summed E-state index contributed by atoms with van der Waals surface area (Å²) in [6.45, 7) is 6.84. The number of hydrogen-bond acceptors (Lipinski definition) is 2. The van der Waals surface area contributed by atoms with Crippen LogP contribution in [-0.2, 0) is 27.1 Å². The molecule has 6 heteroatoms. The van der Waals surface area contributed by atoms with E-state index in [9.17, 15) is 0 Å². The van der Waals surface area contributed by atoms with Crippen LogP contribution in [0.1, 0.15) is 203 Å². The molecule has 3 aromatic heterocycles. The maximum absolute atomic E-state index is 7.11. The number of hydrogen-bond donors (Lipinski definition) is 0. The van der Waals surface area contributed by atoms with Crippen molar-refractivity contribution in [3.05, 3.63) is 198 Å². The average Bonchev–Trinajstić information content (AvgIpc) is 0.943. The van der Waals surface area contributed by atoms with Gasteiger partial charge in [-0.25, -0.2) is 4.98 Å². The molecule has 16 fully saturated rings. The summed E-state index contributed by atoms with van der Waals surface area (Å²) in [5, 5.41) is 2.40. The number of benzene rings is 7. The van der Waals surface area contributed by atoms with Gasteiger partial charge in [-0.3, -0.25) is 4.57 Å². The van der Waals surface area contributed by atoms with Crippen molar-refractivity contribution in [3.8, 4) is 50.9 Å². The van der Waals surface area contributed by atoms with Gasteiger partial charge < -0.3 is 17.1 Å². The van der Waals surface area contributed by atoms with Crippen LogP contribution in [0, 0.1) is 71.0 Å². The third-order valence-electron chi connectivity index (χ3n) is 29.8. The zero-order valence-corrected chi connectivity index (χ0v) is 58.9. The number of halogens is 1. The number of pyridine rings is 1. The molecule has 16 aliphatic rings. The van der Waals surface area contributed by atoms with Crippen LogP contribution < -0.4 is 21.7 Å². The Kier molecular flexibility index (Phi) is 13.2. The summed E-state index contributed by atoms with van der Waals surface area (Å²) >= 11 is 0. The van der Waals surface area contributed by atoms with Gasteiger partial charge in [0.15, 0.2) is 11.0 Å². The maximum atomic E-state index is 7.11. The molecular weight excluding hydrogens is 1210 g/mol. The fraction of sp³-hybridized carbons (Fsp3) is 0.478. The molecule has 16 aliphatic carbocycles. The maximum Gasteiger partial charge on any atom is 0.255 e. The smallest absolute Gasteiger partial charge is 0.255 e. The summed E-state index contributed by atoms with van der Waals surface area (Å²) in [4.78, 5) is 5.02. The molecule has 0 aliphatic heterocycles. The Labute approximate surface area is 587 Å². The van der Waals surface area contributed by atoms with Gasteiger partial charge in [0.2, 0.25) is 0 Å². The summed E-state index contributed by atoms with van der Waals surface area (Å²) in [7, 11) is 0. The van der Waals surface area contributed by atoms with E-state index in [1.54, 1.807) is 22.3 Å². The summed E-state index contributed by atoms with van der Waals surface area (Å²) in [5.74, 6) is 13.2. The molecule has 16 bridgehead atoms. The lowest BCUT2D eigenvalue weighted by atomic mass is 9.46. The van der Waals surface area contributed by atoms with Crippen LogP contribution >= 0.6 is 0 Å². The first-order valence-corrected chi connectivity index (χ1v) is 39.0. The fourth-order valence-electron chi connectivity index (χ4n) is 27.5. The van der Waals surface area contributed by atoms with Crippen molar-refractivity contribution in [2.45, 2.75) is 202 Å². The lowest BCUT2D eigenvalue weighted by Gasteiger charge is -2.58. The van der Waals surface area contributed by atoms with Crippen LogP contribution in [0.4, 0.5) is 0 Å². The lowest BCUT2D eigenvalue weighted by molar-refractivity contribution is -0.566. The van der Waals surface area contributed by atoms with Crippen molar-refractivity contribution < 1.29 is 21.7 Å². The molecular formula is C92H97ClN4O. The highest BCUT2D eigenvalue weighted by atomic mass is 35.5. The van der Waals surface area contributed by atoms with E-state index >= 15 is 0 Å². The van der Waals surface area contributed by atoms with Gasteiger partial charge in [0, 0.05) is 40.2 Å². The van der Waals surface area contributed by atoms with Crippen LogP contribution in [-0.4, -0.2) is 14.1 Å². The molecule has 3 heterocycles. The van der Waals surface area contributed by atoms with Gasteiger partial charge in [-0.15, -0.1) is 0 Å². The highest BCUT2D eigenvalue weighted by molar-refractivity contribution is 6.09. The Balaban J connectivity index is 0.00000633. The largest absolute Gasteiger partial charge is 1.00 e. The Hall–Kier alpha value is -6.95. The van der Waals surface area contributed by atoms with E-state index in [0.717, 1.165) is 105 Å². The van der Waals surface area contributed by atoms with E-state index in [2.05, 4.69) is 199 Å². The van der Waals surface area contributed by atoms with E-state index in [1.807, 2.05) is 6.20 Å². The predicted molar refractivity (Wildman–Crippen MR) is 392 cm³/mol. The Morgan fingerprint density at radius 1 is 0.398 bits per heavy atom. The van der Waals surface area contributed by atoms with Crippen molar-refractivity contribution in [1.82, 2.24) is 14.1 Å². The number of nitrogens with zero attached hydrogens (tertiary/aromatic N) is 4. The third kappa shape index (κ3) is 9.33. The molecule has 498 valence electrons. The molecule has 0 saturated heterocycles. The molecule has 0 N–H and O–H groups in total. The van der Waals surface area contributed by atoms with Crippen LogP contribution in [0.3, 0.4) is 0 Å². The monoisotopic (exact) mass is 1310 g/mol. The number of rotatable bonds is 11. The van der Waals surface area contributed by atoms with Gasteiger partial charge in [-0.1, -0.05) is 112 Å². The van der Waals surface area contributed by atoms with E-state index < -0.39 is 0 Å². The van der Waals surface area contributed by atoms with E-state index in [1.165, 1.54) is 209 Å². The van der Waals surface area contributed by atoms with Gasteiger partial charge in [0.1, 0.15) is 28.7 Å². The minimum Gasteiger partial charge on any atom is -1.00 e. The van der Waals surface area contributed by atoms with Crippen LogP contribution in [0.25, 0.3) is 72.3 Å². The van der Waals surface area contributed by atoms with E-state index in [4.69, 9.17) is 9.72 Å². The highest BCUT2D eigenvalue weighted by Gasteiger charge is 2.57. The van der Waals surface area contributed by atoms with Gasteiger partial charge in [0.05, 0.1) is 11.0 Å². The van der Waals surface area contributed by atoms with Crippen molar-refractivity contribution in [3.63, 3.8) is 0 Å². The fourth-order valence-corrected chi connectivity index (χ4v) is 27.5. The van der Waals surface area contributed by atoms with Gasteiger partial charge in [-0.05, 0) is 346 Å². The number of fused-ring (bicyclic) bond motifs is 4. The standard InChI is InChI=1S/C92H97N4O.ClH/c1-88(2,3)70-20-21-93-86(40-70)96-82-15-5-4-12-80(82)81-19-18-77(42-85(81)96)97-76-11-8-10-75(41-76)94-55-95(84-17-7-6-16-83(84)94)87-78(68-34-71(89-43-56-22-57(44-89)24-58(23-56)45-89)38-72(35-68)90-46-59-25-60(47-90)27-61(26-59)48-90)13-9-14-79(87)69-36-73(91-49-62-28-63(50-91)30-64(29-62)51-91)39-74(37-69)92-52-65-31-66(53-92)33-67(32-65)54-92;/h4-21,34-42,55-67H,22-33,43-54H2,1-3H3;1H/q+1;/p-1. The van der Waals surface area contributed by atoms with Crippen molar-refractivity contribution in [2.75, 3.05) is 0 Å². The molecule has 0 radical (unpaired) electrons. The quantitative estimate of drug-likeness (QED) is 0.121. The van der Waals surface area contributed by atoms with Gasteiger partial charge in [-0.2, -0.15) is 9.13 Å². The summed E-state index contributed by atoms with van der Waals surface area (Å²) < 4.78 is 14.6. The number of ether oxygens (including phenoxy) is 1. The zero-order valence-electron chi connectivity index (χ0n) is 58.1. The molecule has 0 amide bonds. The zero-order chi connectivity index (χ0) is 63.9. The Morgan fingerprint density at radius 2 is 0.816 bits per heavy atom. The van der Waals surface area contributed by atoms with Crippen LogP contribution in [0.2, 0.25) is 0 Å². The summed E-state index contributed by atoms with van der Waals surface area (Å²) in [6.07, 6.45) is 38.9. The van der Waals surface area contributed by atoms with E-state index in [-0.39, 0.29) is 39.5 Å². The van der Waals surface area contributed by atoms with Crippen molar-refractivity contribution in [2.24, 2.45) is 71.0 Å². The summed E-state index contributed by atoms with van der Waals surface area (Å²) in [6, 6.07) is 62.9. The van der Waals surface area contributed by atoms with E-state index in [0.29, 0.717) is 0 Å². The SMILES string of the molecule is CC(C)(C)c1ccnc(-n2c3ccccc3c3ccc(Oc4cccc(-n5c[n+](-c6c(-c7cc(C89CC%10CC(CC(C%10)C8)C9)cc(C89CC%10CC(CC(C%10)C8)C9)c7)cccc6-c6cc(C78CC9CC(CC(C9)C7)C8)cc(C78CC9CC(CC(C9)C7)C8)c6)c6ccccc65)c4)cc32)c1.[Cl-]. The van der Waals surface area contributed by atoms with Crippen LogP contribution in [0.5, 0.6) is 11.5 Å². The van der Waals surface area contributed by atoms with Gasteiger partial charge in [0.25, 0.3) is 6.33 Å².